The van der Waals surface area contributed by atoms with Crippen molar-refractivity contribution in [3.8, 4) is 0 Å². The van der Waals surface area contributed by atoms with E-state index in [1.807, 2.05) is 0 Å². The van der Waals surface area contributed by atoms with Crippen LogP contribution < -0.4 is 0 Å². The highest BCUT2D eigenvalue weighted by Crippen LogP contribution is 2.39. The lowest BCUT2D eigenvalue weighted by molar-refractivity contribution is -0.143. The van der Waals surface area contributed by atoms with Crippen LogP contribution in [0, 0.1) is 11.8 Å². The molecule has 1 aliphatic carbocycles. The molecule has 1 N–H and O–H groups in total. The summed E-state index contributed by atoms with van der Waals surface area (Å²) in [5.41, 5.74) is -0.209. The molecule has 2 rings (SSSR count). The number of nitrogens with zero attached hydrogens (tertiary/aromatic N) is 1. The molecule has 0 saturated heterocycles. The summed E-state index contributed by atoms with van der Waals surface area (Å²) < 4.78 is 38.0. The topological polar surface area (TPSA) is 50.2 Å². The predicted molar refractivity (Wildman–Crippen MR) is 70.7 cm³/mol. The average molecular weight is 301 g/mol. The molecule has 0 bridgehead atoms. The minimum absolute atomic E-state index is 0.0614. The zero-order chi connectivity index (χ0) is 15.6. The van der Waals surface area contributed by atoms with Crippen LogP contribution in [0.4, 0.5) is 13.2 Å². The molecule has 6 heteroatoms. The van der Waals surface area contributed by atoms with Crippen molar-refractivity contribution in [2.24, 2.45) is 11.8 Å². The fourth-order valence-corrected chi connectivity index (χ4v) is 3.01. The Labute approximate surface area is 121 Å². The summed E-state index contributed by atoms with van der Waals surface area (Å²) >= 11 is 0. The molecule has 3 nitrogen and oxygen atoms in total. The number of alkyl halides is 3. The second-order valence-corrected chi connectivity index (χ2v) is 5.71. The van der Waals surface area contributed by atoms with Crippen molar-refractivity contribution in [2.45, 2.75) is 44.7 Å². The molecule has 0 aliphatic heterocycles. The zero-order valence-corrected chi connectivity index (χ0v) is 11.7. The van der Waals surface area contributed by atoms with Gasteiger partial charge in [-0.05, 0) is 55.2 Å². The molecule has 116 valence electrons. The lowest BCUT2D eigenvalue weighted by Crippen LogP contribution is -2.25. The fraction of sp³-hybridized carbons (Fsp3) is 0.600. The molecule has 1 unspecified atom stereocenters. The summed E-state index contributed by atoms with van der Waals surface area (Å²) in [5.74, 6) is -1.02. The van der Waals surface area contributed by atoms with E-state index in [1.165, 1.54) is 6.20 Å². The van der Waals surface area contributed by atoms with E-state index in [-0.39, 0.29) is 11.8 Å². The van der Waals surface area contributed by atoms with Gasteiger partial charge in [0.1, 0.15) is 5.69 Å². The van der Waals surface area contributed by atoms with E-state index in [4.69, 9.17) is 5.11 Å². The first kappa shape index (κ1) is 15.8. The van der Waals surface area contributed by atoms with Crippen molar-refractivity contribution in [1.82, 2.24) is 4.98 Å². The van der Waals surface area contributed by atoms with E-state index in [0.29, 0.717) is 5.56 Å². The Balaban J connectivity index is 2.04. The summed E-state index contributed by atoms with van der Waals surface area (Å²) in [6.07, 6.45) is -0.300. The number of pyridine rings is 1. The van der Waals surface area contributed by atoms with Gasteiger partial charge in [0.25, 0.3) is 0 Å². The molecule has 0 spiro atoms. The van der Waals surface area contributed by atoms with E-state index < -0.39 is 23.8 Å². The molecule has 0 aromatic carbocycles. The van der Waals surface area contributed by atoms with Crippen LogP contribution in [-0.2, 0) is 11.0 Å². The maximum absolute atomic E-state index is 12.7. The van der Waals surface area contributed by atoms with Crippen LogP contribution in [0.2, 0.25) is 0 Å². The molecular weight excluding hydrogens is 283 g/mol. The second-order valence-electron chi connectivity index (χ2n) is 5.71. The van der Waals surface area contributed by atoms with Crippen LogP contribution >= 0.6 is 0 Å². The Morgan fingerprint density at radius 1 is 1.33 bits per heavy atom. The van der Waals surface area contributed by atoms with Crippen LogP contribution in [0.15, 0.2) is 18.3 Å². The van der Waals surface area contributed by atoms with Crippen LogP contribution in [-0.4, -0.2) is 16.1 Å². The number of carboxylic acid groups (broad SMARTS) is 1. The maximum atomic E-state index is 12.7. The van der Waals surface area contributed by atoms with Crippen molar-refractivity contribution in [1.29, 1.82) is 0 Å². The molecular formula is C15H18F3NO2. The minimum atomic E-state index is -4.43. The van der Waals surface area contributed by atoms with Gasteiger partial charge in [0.2, 0.25) is 0 Å². The predicted octanol–water partition coefficient (Wildman–Crippen LogP) is 4.09. The first-order valence-corrected chi connectivity index (χ1v) is 7.05. The number of rotatable bonds is 3. The summed E-state index contributed by atoms with van der Waals surface area (Å²) in [6.45, 7) is 1.70. The smallest absolute Gasteiger partial charge is 0.433 e. The van der Waals surface area contributed by atoms with Gasteiger partial charge in [0.05, 0.1) is 5.92 Å². The third-order valence-electron chi connectivity index (χ3n) is 4.41. The molecule has 1 aromatic rings. The van der Waals surface area contributed by atoms with Crippen molar-refractivity contribution in [3.63, 3.8) is 0 Å². The molecule has 1 heterocycles. The minimum Gasteiger partial charge on any atom is -0.481 e. The number of carbonyl (C=O) groups is 1. The van der Waals surface area contributed by atoms with Crippen LogP contribution in [0.1, 0.15) is 49.8 Å². The van der Waals surface area contributed by atoms with Gasteiger partial charge in [-0.2, -0.15) is 13.2 Å². The Kier molecular flexibility index (Phi) is 4.54. The van der Waals surface area contributed by atoms with Crippen LogP contribution in [0.3, 0.4) is 0 Å². The van der Waals surface area contributed by atoms with Gasteiger partial charge < -0.3 is 5.11 Å². The van der Waals surface area contributed by atoms with E-state index in [1.54, 1.807) is 13.0 Å². The van der Waals surface area contributed by atoms with Gasteiger partial charge in [0, 0.05) is 6.20 Å². The van der Waals surface area contributed by atoms with Crippen molar-refractivity contribution >= 4 is 5.97 Å². The Morgan fingerprint density at radius 2 is 1.95 bits per heavy atom. The van der Waals surface area contributed by atoms with Crippen molar-refractivity contribution < 1.29 is 23.1 Å². The average Bonchev–Trinajstić information content (AvgIpc) is 2.46. The Morgan fingerprint density at radius 3 is 2.48 bits per heavy atom. The van der Waals surface area contributed by atoms with Crippen molar-refractivity contribution in [2.75, 3.05) is 0 Å². The quantitative estimate of drug-likeness (QED) is 0.914. The first-order valence-electron chi connectivity index (χ1n) is 7.05. The van der Waals surface area contributed by atoms with Crippen molar-refractivity contribution in [3.05, 3.63) is 29.6 Å². The summed E-state index contributed by atoms with van der Waals surface area (Å²) in [7, 11) is 0. The molecule has 0 amide bonds. The number of aromatic nitrogens is 1. The van der Waals surface area contributed by atoms with E-state index in [2.05, 4.69) is 4.98 Å². The Hall–Kier alpha value is -1.59. The van der Waals surface area contributed by atoms with Crippen LogP contribution in [0.25, 0.3) is 0 Å². The monoisotopic (exact) mass is 301 g/mol. The third-order valence-corrected chi connectivity index (χ3v) is 4.41. The fourth-order valence-electron chi connectivity index (χ4n) is 3.01. The van der Waals surface area contributed by atoms with Gasteiger partial charge in [-0.3, -0.25) is 9.78 Å². The highest BCUT2D eigenvalue weighted by Gasteiger charge is 2.34. The molecule has 1 saturated carbocycles. The van der Waals surface area contributed by atoms with Gasteiger partial charge in [-0.25, -0.2) is 0 Å². The lowest BCUT2D eigenvalue weighted by atomic mass is 9.74. The SMILES string of the molecule is CC(C(=O)O)C1CCC(c2ccnc(C(F)(F)F)c2)CC1. The second kappa shape index (κ2) is 6.03. The normalized spacial score (nSPS) is 24.6. The van der Waals surface area contributed by atoms with Gasteiger partial charge in [-0.1, -0.05) is 6.92 Å². The Bertz CT molecular complexity index is 508. The van der Waals surface area contributed by atoms with Gasteiger partial charge in [0.15, 0.2) is 0 Å². The number of aliphatic carboxylic acids is 1. The molecule has 0 radical (unpaired) electrons. The van der Waals surface area contributed by atoms with E-state index >= 15 is 0 Å². The largest absolute Gasteiger partial charge is 0.481 e. The van der Waals surface area contributed by atoms with Gasteiger partial charge >= 0.3 is 12.1 Å². The first-order chi connectivity index (χ1) is 9.79. The molecule has 1 fully saturated rings. The number of carboxylic acids is 1. The molecule has 1 aliphatic rings. The lowest BCUT2D eigenvalue weighted by Gasteiger charge is -2.31. The van der Waals surface area contributed by atoms with E-state index in [9.17, 15) is 18.0 Å². The maximum Gasteiger partial charge on any atom is 0.433 e. The molecule has 21 heavy (non-hydrogen) atoms. The third kappa shape index (κ3) is 3.74. The van der Waals surface area contributed by atoms with Crippen LogP contribution in [0.5, 0.6) is 0 Å². The summed E-state index contributed by atoms with van der Waals surface area (Å²) in [5, 5.41) is 9.01. The summed E-state index contributed by atoms with van der Waals surface area (Å²) in [6, 6.07) is 2.74. The molecule has 1 atom stereocenters. The molecule has 1 aromatic heterocycles. The number of halogens is 3. The highest BCUT2D eigenvalue weighted by molar-refractivity contribution is 5.69. The highest BCUT2D eigenvalue weighted by atomic mass is 19.4. The zero-order valence-electron chi connectivity index (χ0n) is 11.7. The summed E-state index contributed by atoms with van der Waals surface area (Å²) in [4.78, 5) is 14.3. The number of hydrogen-bond acceptors (Lipinski definition) is 2. The van der Waals surface area contributed by atoms with E-state index in [0.717, 1.165) is 31.7 Å². The standard InChI is InChI=1S/C15H18F3NO2/c1-9(14(20)21)10-2-4-11(5-3-10)12-6-7-19-13(8-12)15(16,17)18/h6-11H,2-5H2,1H3,(H,20,21). The van der Waals surface area contributed by atoms with Gasteiger partial charge in [-0.15, -0.1) is 0 Å². The number of hydrogen-bond donors (Lipinski definition) is 1.